The topological polar surface area (TPSA) is 59.6 Å². The minimum Gasteiger partial charge on any atom is -0.461 e. The molecule has 0 fully saturated rings. The molecule has 0 atom stereocenters. The minimum atomic E-state index is -0.263. The van der Waals surface area contributed by atoms with Crippen LogP contribution < -0.4 is 5.43 Å². The standard InChI is InChI=1S/C11H7Br2NO3/c1-5-4-8(15)9-7(14-16)3-2-6(11(12)13)10(9)17-5/h2-4,11H,1H3. The van der Waals surface area contributed by atoms with Crippen LogP contribution in [0.2, 0.25) is 0 Å². The molecule has 1 aromatic heterocycles. The summed E-state index contributed by atoms with van der Waals surface area (Å²) in [6.07, 6.45) is 0. The number of rotatable bonds is 2. The van der Waals surface area contributed by atoms with Gasteiger partial charge in [-0.25, -0.2) is 0 Å². The Morgan fingerprint density at radius 2 is 2.06 bits per heavy atom. The molecule has 88 valence electrons. The largest absolute Gasteiger partial charge is 0.461 e. The van der Waals surface area contributed by atoms with Gasteiger partial charge in [0.25, 0.3) is 0 Å². The van der Waals surface area contributed by atoms with E-state index in [0.717, 1.165) is 5.56 Å². The summed E-state index contributed by atoms with van der Waals surface area (Å²) in [7, 11) is 0. The molecule has 4 nitrogen and oxygen atoms in total. The summed E-state index contributed by atoms with van der Waals surface area (Å²) in [5, 5.41) is 3.06. The lowest BCUT2D eigenvalue weighted by Gasteiger charge is -2.07. The second kappa shape index (κ2) is 4.70. The van der Waals surface area contributed by atoms with Crippen molar-refractivity contribution >= 4 is 48.5 Å². The summed E-state index contributed by atoms with van der Waals surface area (Å²) >= 11 is 6.69. The number of nitroso groups, excluding NO2 is 1. The van der Waals surface area contributed by atoms with Crippen LogP contribution in [0.4, 0.5) is 5.69 Å². The number of halogens is 2. The molecule has 0 amide bonds. The van der Waals surface area contributed by atoms with E-state index in [2.05, 4.69) is 37.0 Å². The van der Waals surface area contributed by atoms with Gasteiger partial charge in [0.05, 0.1) is 9.12 Å². The summed E-state index contributed by atoms with van der Waals surface area (Å²) in [5.41, 5.74) is 0.957. The molecule has 0 saturated heterocycles. The minimum absolute atomic E-state index is 0.0955. The molecule has 0 aliphatic heterocycles. The van der Waals surface area contributed by atoms with E-state index in [0.29, 0.717) is 11.3 Å². The van der Waals surface area contributed by atoms with Crippen molar-refractivity contribution in [1.82, 2.24) is 0 Å². The van der Waals surface area contributed by atoms with Crippen LogP contribution >= 0.6 is 31.9 Å². The Bertz CT molecular complexity index is 649. The van der Waals surface area contributed by atoms with Crippen LogP contribution in [0.15, 0.2) is 32.6 Å². The molecule has 0 bridgehead atoms. The molecule has 0 aliphatic rings. The van der Waals surface area contributed by atoms with Crippen molar-refractivity contribution in [2.75, 3.05) is 0 Å². The predicted octanol–water partition coefficient (Wildman–Crippen LogP) is 4.29. The van der Waals surface area contributed by atoms with Crippen LogP contribution in [0.3, 0.4) is 0 Å². The second-order valence-corrected chi connectivity index (χ2v) is 6.55. The lowest BCUT2D eigenvalue weighted by Crippen LogP contribution is -2.02. The van der Waals surface area contributed by atoms with E-state index in [9.17, 15) is 9.70 Å². The molecule has 0 spiro atoms. The lowest BCUT2D eigenvalue weighted by molar-refractivity contribution is 0.562. The van der Waals surface area contributed by atoms with Gasteiger partial charge in [-0.15, -0.1) is 4.91 Å². The highest BCUT2D eigenvalue weighted by molar-refractivity contribution is 9.24. The first-order valence-electron chi connectivity index (χ1n) is 4.73. The van der Waals surface area contributed by atoms with Gasteiger partial charge in [0, 0.05) is 11.6 Å². The van der Waals surface area contributed by atoms with Crippen LogP contribution in [0, 0.1) is 11.8 Å². The molecule has 17 heavy (non-hydrogen) atoms. The van der Waals surface area contributed by atoms with Gasteiger partial charge in [0.15, 0.2) is 5.43 Å². The maximum Gasteiger partial charge on any atom is 0.195 e. The maximum atomic E-state index is 11.9. The Hall–Kier alpha value is -1.01. The molecule has 2 aromatic rings. The van der Waals surface area contributed by atoms with Gasteiger partial charge < -0.3 is 4.42 Å². The number of alkyl halides is 2. The van der Waals surface area contributed by atoms with E-state index in [4.69, 9.17) is 4.42 Å². The molecule has 2 rings (SSSR count). The van der Waals surface area contributed by atoms with Crippen LogP contribution in [0.1, 0.15) is 15.1 Å². The van der Waals surface area contributed by atoms with Crippen molar-refractivity contribution in [3.05, 3.63) is 44.7 Å². The Kier molecular flexibility index (Phi) is 3.44. The van der Waals surface area contributed by atoms with E-state index in [1.165, 1.54) is 12.1 Å². The van der Waals surface area contributed by atoms with Crippen molar-refractivity contribution in [3.8, 4) is 0 Å². The van der Waals surface area contributed by atoms with Gasteiger partial charge in [-0.1, -0.05) is 37.9 Å². The molecule has 0 radical (unpaired) electrons. The van der Waals surface area contributed by atoms with Gasteiger partial charge in [-0.05, 0) is 18.2 Å². The number of nitrogens with zero attached hydrogens (tertiary/aromatic N) is 1. The van der Waals surface area contributed by atoms with Gasteiger partial charge in [0.2, 0.25) is 0 Å². The number of fused-ring (bicyclic) bond motifs is 1. The third-order valence-corrected chi connectivity index (χ3v) is 3.33. The van der Waals surface area contributed by atoms with Gasteiger partial charge in [0.1, 0.15) is 17.0 Å². The van der Waals surface area contributed by atoms with Crippen molar-refractivity contribution < 1.29 is 4.42 Å². The van der Waals surface area contributed by atoms with E-state index in [1.807, 2.05) is 0 Å². The molecule has 0 unspecified atom stereocenters. The average molecular weight is 361 g/mol. The zero-order chi connectivity index (χ0) is 12.6. The molecule has 0 saturated carbocycles. The Balaban J connectivity index is 3.00. The Morgan fingerprint density at radius 1 is 1.35 bits per heavy atom. The third kappa shape index (κ3) is 2.19. The van der Waals surface area contributed by atoms with Crippen molar-refractivity contribution in [2.24, 2.45) is 5.18 Å². The summed E-state index contributed by atoms with van der Waals surface area (Å²) in [5.74, 6) is 0.493. The zero-order valence-electron chi connectivity index (χ0n) is 8.74. The first-order chi connectivity index (χ1) is 8.04. The highest BCUT2D eigenvalue weighted by Gasteiger charge is 2.16. The van der Waals surface area contributed by atoms with Crippen LogP contribution in [0.5, 0.6) is 0 Å². The van der Waals surface area contributed by atoms with E-state index in [1.54, 1.807) is 13.0 Å². The molecular formula is C11H7Br2NO3. The Labute approximate surface area is 113 Å². The summed E-state index contributed by atoms with van der Waals surface area (Å²) in [6, 6.07) is 4.54. The summed E-state index contributed by atoms with van der Waals surface area (Å²) in [4.78, 5) is 22.5. The summed E-state index contributed by atoms with van der Waals surface area (Å²) < 4.78 is 5.35. The van der Waals surface area contributed by atoms with Crippen LogP contribution in [-0.2, 0) is 0 Å². The maximum absolute atomic E-state index is 11.9. The molecule has 6 heteroatoms. The molecule has 0 N–H and O–H groups in total. The van der Waals surface area contributed by atoms with Crippen LogP contribution in [-0.4, -0.2) is 0 Å². The van der Waals surface area contributed by atoms with E-state index in [-0.39, 0.29) is 20.2 Å². The molecule has 1 aromatic carbocycles. The SMILES string of the molecule is Cc1cc(=O)c2c(N=O)ccc(C(Br)Br)c2o1. The zero-order valence-corrected chi connectivity index (χ0v) is 11.9. The second-order valence-electron chi connectivity index (χ2n) is 3.49. The fourth-order valence-electron chi connectivity index (χ4n) is 1.63. The number of hydrogen-bond donors (Lipinski definition) is 0. The van der Waals surface area contributed by atoms with Crippen molar-refractivity contribution in [1.29, 1.82) is 0 Å². The van der Waals surface area contributed by atoms with E-state index < -0.39 is 0 Å². The van der Waals surface area contributed by atoms with Gasteiger partial charge >= 0.3 is 0 Å². The number of benzene rings is 1. The fraction of sp³-hybridized carbons (Fsp3) is 0.182. The summed E-state index contributed by atoms with van der Waals surface area (Å²) in [6.45, 7) is 1.68. The van der Waals surface area contributed by atoms with Crippen molar-refractivity contribution in [2.45, 2.75) is 10.7 Å². The monoisotopic (exact) mass is 359 g/mol. The molecule has 0 aliphatic carbocycles. The number of hydrogen-bond acceptors (Lipinski definition) is 4. The van der Waals surface area contributed by atoms with Gasteiger partial charge in [-0.3, -0.25) is 4.79 Å². The average Bonchev–Trinajstić information content (AvgIpc) is 2.26. The highest BCUT2D eigenvalue weighted by Crippen LogP contribution is 2.37. The van der Waals surface area contributed by atoms with E-state index >= 15 is 0 Å². The number of aryl methyl sites for hydroxylation is 1. The normalized spacial score (nSPS) is 11.1. The first-order valence-corrected chi connectivity index (χ1v) is 6.56. The lowest BCUT2D eigenvalue weighted by atomic mass is 10.1. The van der Waals surface area contributed by atoms with Gasteiger partial charge in [-0.2, -0.15) is 0 Å². The molecule has 1 heterocycles. The highest BCUT2D eigenvalue weighted by atomic mass is 79.9. The van der Waals surface area contributed by atoms with Crippen molar-refractivity contribution in [3.63, 3.8) is 0 Å². The predicted molar refractivity (Wildman–Crippen MR) is 73.3 cm³/mol. The fourth-order valence-corrected chi connectivity index (χ4v) is 2.35. The Morgan fingerprint density at radius 3 is 2.65 bits per heavy atom. The molecular weight excluding hydrogens is 354 g/mol. The first kappa shape index (κ1) is 12.4. The quantitative estimate of drug-likeness (QED) is 0.593. The smallest absolute Gasteiger partial charge is 0.195 e. The third-order valence-electron chi connectivity index (χ3n) is 2.34. The van der Waals surface area contributed by atoms with Crippen LogP contribution in [0.25, 0.3) is 11.0 Å².